The minimum atomic E-state index is -0.646. The van der Waals surface area contributed by atoms with Crippen molar-refractivity contribution in [3.05, 3.63) is 0 Å². The van der Waals surface area contributed by atoms with Crippen LogP contribution < -0.4 is 0 Å². The van der Waals surface area contributed by atoms with Gasteiger partial charge in [0.1, 0.15) is 0 Å². The van der Waals surface area contributed by atoms with Crippen LogP contribution in [-0.4, -0.2) is 60.6 Å². The molecule has 0 aromatic rings. The molecule has 4 heteroatoms. The second-order valence-electron chi connectivity index (χ2n) is 6.72. The smallest absolute Gasteiger partial charge is 0.303 e. The minimum Gasteiger partial charge on any atom is -0.481 e. The van der Waals surface area contributed by atoms with Gasteiger partial charge in [-0.25, -0.2) is 0 Å². The molecule has 0 aromatic heterocycles. The van der Waals surface area contributed by atoms with E-state index in [0.29, 0.717) is 12.0 Å². The lowest BCUT2D eigenvalue weighted by atomic mass is 9.75. The summed E-state index contributed by atoms with van der Waals surface area (Å²) in [5.41, 5.74) is 0.423. The Kier molecular flexibility index (Phi) is 3.70. The van der Waals surface area contributed by atoms with E-state index in [4.69, 9.17) is 5.11 Å². The van der Waals surface area contributed by atoms with Crippen LogP contribution in [0.5, 0.6) is 0 Å². The first kappa shape index (κ1) is 13.8. The maximum atomic E-state index is 10.9. The molecule has 104 valence electrons. The molecule has 2 aliphatic carbocycles. The van der Waals surface area contributed by atoms with Crippen molar-refractivity contribution in [2.45, 2.75) is 44.1 Å². The highest BCUT2D eigenvalue weighted by Gasteiger charge is 2.47. The molecule has 0 amide bonds. The van der Waals surface area contributed by atoms with Crippen molar-refractivity contribution in [1.29, 1.82) is 0 Å². The summed E-state index contributed by atoms with van der Waals surface area (Å²) in [6.45, 7) is 2.01. The van der Waals surface area contributed by atoms with Gasteiger partial charge < -0.3 is 14.9 Å². The molecule has 2 rings (SSSR count). The van der Waals surface area contributed by atoms with Gasteiger partial charge in [0.2, 0.25) is 0 Å². The molecule has 18 heavy (non-hydrogen) atoms. The number of nitrogens with zero attached hydrogens (tertiary/aromatic N) is 2. The highest BCUT2D eigenvalue weighted by Crippen LogP contribution is 2.49. The highest BCUT2D eigenvalue weighted by atomic mass is 16.4. The van der Waals surface area contributed by atoms with Crippen molar-refractivity contribution in [2.75, 3.05) is 34.2 Å². The summed E-state index contributed by atoms with van der Waals surface area (Å²) in [4.78, 5) is 15.6. The third kappa shape index (κ3) is 2.86. The normalized spacial score (nSPS) is 24.1. The van der Waals surface area contributed by atoms with E-state index in [2.05, 4.69) is 30.9 Å². The predicted molar refractivity (Wildman–Crippen MR) is 71.7 cm³/mol. The van der Waals surface area contributed by atoms with Crippen molar-refractivity contribution < 1.29 is 9.90 Å². The standard InChI is InChI=1S/C14H26N2O2/c1-15(2)14(5-4-6-14)11-16(3)10-13(7-8-13)9-12(17)18/h4-11H2,1-3H3,(H,17,18). The molecular formula is C14H26N2O2. The first-order valence-corrected chi connectivity index (χ1v) is 6.95. The summed E-state index contributed by atoms with van der Waals surface area (Å²) in [6.07, 6.45) is 6.38. The number of likely N-dealkylation sites (N-methyl/N-ethyl adjacent to an activating group) is 2. The van der Waals surface area contributed by atoms with Crippen molar-refractivity contribution in [1.82, 2.24) is 9.80 Å². The molecule has 2 saturated carbocycles. The molecule has 0 unspecified atom stereocenters. The Balaban J connectivity index is 1.85. The number of rotatable bonds is 7. The number of carboxylic acids is 1. The molecule has 0 saturated heterocycles. The summed E-state index contributed by atoms with van der Waals surface area (Å²) < 4.78 is 0. The van der Waals surface area contributed by atoms with Crippen LogP contribution in [-0.2, 0) is 4.79 Å². The second-order valence-corrected chi connectivity index (χ2v) is 6.72. The van der Waals surface area contributed by atoms with E-state index in [9.17, 15) is 4.79 Å². The second kappa shape index (κ2) is 4.82. The van der Waals surface area contributed by atoms with E-state index >= 15 is 0 Å². The average molecular weight is 254 g/mol. The molecule has 1 N–H and O–H groups in total. The molecule has 4 nitrogen and oxygen atoms in total. The van der Waals surface area contributed by atoms with Crippen molar-refractivity contribution in [3.8, 4) is 0 Å². The topological polar surface area (TPSA) is 43.8 Å². The number of hydrogen-bond donors (Lipinski definition) is 1. The van der Waals surface area contributed by atoms with Gasteiger partial charge in [0, 0.05) is 18.6 Å². The monoisotopic (exact) mass is 254 g/mol. The van der Waals surface area contributed by atoms with Crippen LogP contribution in [0.3, 0.4) is 0 Å². The summed E-state index contributed by atoms with van der Waals surface area (Å²) >= 11 is 0. The van der Waals surface area contributed by atoms with Crippen LogP contribution in [0.2, 0.25) is 0 Å². The Morgan fingerprint density at radius 1 is 1.11 bits per heavy atom. The molecule has 0 atom stereocenters. The Morgan fingerprint density at radius 3 is 2.06 bits per heavy atom. The zero-order valence-corrected chi connectivity index (χ0v) is 11.9. The van der Waals surface area contributed by atoms with Gasteiger partial charge in [0.05, 0.1) is 6.42 Å². The van der Waals surface area contributed by atoms with E-state index in [1.165, 1.54) is 19.3 Å². The van der Waals surface area contributed by atoms with Gasteiger partial charge in [-0.2, -0.15) is 0 Å². The van der Waals surface area contributed by atoms with Crippen LogP contribution in [0.4, 0.5) is 0 Å². The fourth-order valence-electron chi connectivity index (χ4n) is 3.35. The zero-order valence-electron chi connectivity index (χ0n) is 11.9. The summed E-state index contributed by atoms with van der Waals surface area (Å²) in [5.74, 6) is -0.646. The third-order valence-corrected chi connectivity index (χ3v) is 4.89. The largest absolute Gasteiger partial charge is 0.481 e. The van der Waals surface area contributed by atoms with Crippen LogP contribution in [0.15, 0.2) is 0 Å². The van der Waals surface area contributed by atoms with Gasteiger partial charge >= 0.3 is 5.97 Å². The average Bonchev–Trinajstić information content (AvgIpc) is 2.89. The number of aliphatic carboxylic acids is 1. The van der Waals surface area contributed by atoms with Crippen molar-refractivity contribution in [3.63, 3.8) is 0 Å². The van der Waals surface area contributed by atoms with E-state index in [1.807, 2.05) is 0 Å². The van der Waals surface area contributed by atoms with Crippen molar-refractivity contribution >= 4 is 5.97 Å². The molecule has 0 radical (unpaired) electrons. The van der Waals surface area contributed by atoms with Gasteiger partial charge in [0.15, 0.2) is 0 Å². The minimum absolute atomic E-state index is 0.0812. The van der Waals surface area contributed by atoms with Crippen LogP contribution in [0.1, 0.15) is 38.5 Å². The van der Waals surface area contributed by atoms with Crippen LogP contribution in [0.25, 0.3) is 0 Å². The number of carboxylic acid groups (broad SMARTS) is 1. The van der Waals surface area contributed by atoms with Gasteiger partial charge in [-0.1, -0.05) is 0 Å². The maximum absolute atomic E-state index is 10.9. The molecule has 2 aliphatic rings. The summed E-state index contributed by atoms with van der Waals surface area (Å²) in [7, 11) is 6.47. The quantitative estimate of drug-likeness (QED) is 0.750. The fraction of sp³-hybridized carbons (Fsp3) is 0.929. The summed E-state index contributed by atoms with van der Waals surface area (Å²) in [6, 6.07) is 0. The highest BCUT2D eigenvalue weighted by molar-refractivity contribution is 5.68. The van der Waals surface area contributed by atoms with Crippen molar-refractivity contribution in [2.24, 2.45) is 5.41 Å². The molecule has 0 heterocycles. The van der Waals surface area contributed by atoms with Gasteiger partial charge in [-0.15, -0.1) is 0 Å². The van der Waals surface area contributed by atoms with E-state index in [1.54, 1.807) is 0 Å². The molecule has 0 spiro atoms. The zero-order chi connectivity index (χ0) is 13.4. The molecule has 0 bridgehead atoms. The lowest BCUT2D eigenvalue weighted by Crippen LogP contribution is -2.57. The number of carbonyl (C=O) groups is 1. The Bertz CT molecular complexity index is 320. The Hall–Kier alpha value is -0.610. The first-order valence-electron chi connectivity index (χ1n) is 6.95. The maximum Gasteiger partial charge on any atom is 0.303 e. The van der Waals surface area contributed by atoms with Gasteiger partial charge in [-0.05, 0) is 58.7 Å². The van der Waals surface area contributed by atoms with Crippen LogP contribution >= 0.6 is 0 Å². The number of hydrogen-bond acceptors (Lipinski definition) is 3. The molecule has 2 fully saturated rings. The first-order chi connectivity index (χ1) is 8.38. The summed E-state index contributed by atoms with van der Waals surface area (Å²) in [5, 5.41) is 8.95. The lowest BCUT2D eigenvalue weighted by molar-refractivity contribution is -0.138. The SMILES string of the molecule is CN(CC1(CC(=O)O)CC1)CC1(N(C)C)CCC1. The molecule has 0 aliphatic heterocycles. The van der Waals surface area contributed by atoms with E-state index in [0.717, 1.165) is 25.9 Å². The van der Waals surface area contributed by atoms with E-state index in [-0.39, 0.29) is 5.41 Å². The van der Waals surface area contributed by atoms with Crippen LogP contribution in [0, 0.1) is 5.41 Å². The lowest BCUT2D eigenvalue weighted by Gasteiger charge is -2.49. The van der Waals surface area contributed by atoms with Gasteiger partial charge in [0.25, 0.3) is 0 Å². The van der Waals surface area contributed by atoms with Gasteiger partial charge in [-0.3, -0.25) is 4.79 Å². The molecular weight excluding hydrogens is 228 g/mol. The Morgan fingerprint density at radius 2 is 1.72 bits per heavy atom. The van der Waals surface area contributed by atoms with E-state index < -0.39 is 5.97 Å². The fourth-order valence-corrected chi connectivity index (χ4v) is 3.35. The third-order valence-electron chi connectivity index (χ3n) is 4.89. The molecule has 0 aromatic carbocycles. The Labute approximate surface area is 110 Å². The predicted octanol–water partition coefficient (Wildman–Crippen LogP) is 1.66.